The average molecular weight is 262 g/mol. The Morgan fingerprint density at radius 2 is 2.53 bits per heavy atom. The highest BCUT2D eigenvalue weighted by molar-refractivity contribution is 5.78. The van der Waals surface area contributed by atoms with E-state index in [1.807, 2.05) is 0 Å². The van der Waals surface area contributed by atoms with E-state index in [1.54, 1.807) is 28.2 Å². The van der Waals surface area contributed by atoms with Crippen LogP contribution in [0.2, 0.25) is 0 Å². The van der Waals surface area contributed by atoms with E-state index < -0.39 is 6.17 Å². The summed E-state index contributed by atoms with van der Waals surface area (Å²) in [6.45, 7) is 3.31. The number of carbonyl (C=O) groups excluding carboxylic acids is 1. The van der Waals surface area contributed by atoms with Gasteiger partial charge in [0.15, 0.2) is 0 Å². The number of nitrogens with zero attached hydrogens (tertiary/aromatic N) is 6. The van der Waals surface area contributed by atoms with Gasteiger partial charge in [-0.3, -0.25) is 4.79 Å². The molecule has 102 valence electrons. The van der Waals surface area contributed by atoms with Crippen LogP contribution >= 0.6 is 0 Å². The van der Waals surface area contributed by atoms with Gasteiger partial charge in [-0.05, 0) is 17.9 Å². The molecule has 0 aliphatic carbocycles. The van der Waals surface area contributed by atoms with Gasteiger partial charge in [0.25, 0.3) is 0 Å². The summed E-state index contributed by atoms with van der Waals surface area (Å²) in [7, 11) is 0. The van der Waals surface area contributed by atoms with Gasteiger partial charge in [0.2, 0.25) is 5.91 Å². The molecule has 2 rings (SSSR count). The summed E-state index contributed by atoms with van der Waals surface area (Å²) in [5.74, 6) is 0.587. The molecule has 7 heteroatoms. The Hall–Kier alpha value is -2.01. The molecule has 1 aromatic heterocycles. The van der Waals surface area contributed by atoms with Gasteiger partial charge in [-0.2, -0.15) is 0 Å². The molecule has 0 aromatic carbocycles. The summed E-state index contributed by atoms with van der Waals surface area (Å²) in [5, 5.41) is 3.75. The van der Waals surface area contributed by atoms with Crippen LogP contribution < -0.4 is 0 Å². The summed E-state index contributed by atoms with van der Waals surface area (Å²) in [4.78, 5) is 20.5. The van der Waals surface area contributed by atoms with Gasteiger partial charge in [0.1, 0.15) is 6.17 Å². The Labute approximate surface area is 111 Å². The highest BCUT2D eigenvalue weighted by Crippen LogP contribution is 2.24. The molecule has 0 spiro atoms. The minimum atomic E-state index is -0.420. The van der Waals surface area contributed by atoms with Gasteiger partial charge in [0.05, 0.1) is 6.33 Å². The lowest BCUT2D eigenvalue weighted by molar-refractivity contribution is -0.128. The van der Waals surface area contributed by atoms with Gasteiger partial charge >= 0.3 is 0 Å². The first-order valence-electron chi connectivity index (χ1n) is 6.54. The van der Waals surface area contributed by atoms with Gasteiger partial charge in [-0.1, -0.05) is 18.5 Å². The van der Waals surface area contributed by atoms with Crippen molar-refractivity contribution in [1.29, 1.82) is 0 Å². The molecule has 0 saturated carbocycles. The summed E-state index contributed by atoms with van der Waals surface area (Å²) < 4.78 is 1.72. The molecular weight excluding hydrogens is 244 g/mol. The number of hydrogen-bond donors (Lipinski definition) is 0. The Balaban J connectivity index is 2.02. The monoisotopic (exact) mass is 262 g/mol. The van der Waals surface area contributed by atoms with Crippen molar-refractivity contribution in [2.45, 2.75) is 32.4 Å². The molecule has 2 atom stereocenters. The van der Waals surface area contributed by atoms with E-state index in [0.717, 1.165) is 19.4 Å². The van der Waals surface area contributed by atoms with E-state index in [1.165, 1.54) is 0 Å². The number of rotatable bonds is 6. The van der Waals surface area contributed by atoms with Crippen molar-refractivity contribution in [2.75, 3.05) is 13.1 Å². The van der Waals surface area contributed by atoms with Crippen molar-refractivity contribution >= 4 is 5.91 Å². The first kappa shape index (κ1) is 13.4. The molecule has 1 aliphatic rings. The van der Waals surface area contributed by atoms with Crippen LogP contribution in [0.25, 0.3) is 10.4 Å². The highest BCUT2D eigenvalue weighted by Gasteiger charge is 2.30. The van der Waals surface area contributed by atoms with E-state index in [-0.39, 0.29) is 5.91 Å². The third-order valence-electron chi connectivity index (χ3n) is 3.43. The maximum absolute atomic E-state index is 11.9. The molecule has 0 bridgehead atoms. The Morgan fingerprint density at radius 1 is 1.68 bits per heavy atom. The second-order valence-corrected chi connectivity index (χ2v) is 4.85. The lowest BCUT2D eigenvalue weighted by atomic mass is 10.0. The third kappa shape index (κ3) is 3.26. The van der Waals surface area contributed by atoms with E-state index in [2.05, 4.69) is 21.9 Å². The Morgan fingerprint density at radius 3 is 3.16 bits per heavy atom. The molecule has 7 nitrogen and oxygen atoms in total. The predicted octanol–water partition coefficient (Wildman–Crippen LogP) is 2.34. The quantitative estimate of drug-likeness (QED) is 0.447. The zero-order valence-electron chi connectivity index (χ0n) is 11.0. The predicted molar refractivity (Wildman–Crippen MR) is 70.0 cm³/mol. The molecule has 2 unspecified atom stereocenters. The molecule has 1 aromatic rings. The Kier molecular flexibility index (Phi) is 4.41. The van der Waals surface area contributed by atoms with Crippen LogP contribution in [-0.2, 0) is 4.79 Å². The molecule has 0 N–H and O–H groups in total. The second-order valence-electron chi connectivity index (χ2n) is 4.85. The molecule has 1 saturated heterocycles. The van der Waals surface area contributed by atoms with Crippen LogP contribution in [0.1, 0.15) is 32.4 Å². The number of amides is 1. The van der Waals surface area contributed by atoms with Crippen LogP contribution in [0.3, 0.4) is 0 Å². The van der Waals surface area contributed by atoms with Crippen molar-refractivity contribution in [3.63, 3.8) is 0 Å². The standard InChI is InChI=1S/C12H18N6O/c1-2-3-10-6-12(19)18(7-10)8-11(15-16-13)17-5-4-14-9-17/h4-5,9-11H,2-3,6-8H2,1H3. The summed E-state index contributed by atoms with van der Waals surface area (Å²) in [6, 6.07) is 0. The third-order valence-corrected chi connectivity index (χ3v) is 3.43. The largest absolute Gasteiger partial charge is 0.340 e. The number of imidazole rings is 1. The first-order valence-corrected chi connectivity index (χ1v) is 6.54. The number of aromatic nitrogens is 2. The fourth-order valence-electron chi connectivity index (χ4n) is 2.52. The fourth-order valence-corrected chi connectivity index (χ4v) is 2.52. The summed E-state index contributed by atoms with van der Waals surface area (Å²) in [6.07, 6.45) is 7.32. The normalized spacial score (nSPS) is 20.4. The number of likely N-dealkylation sites (tertiary alicyclic amines) is 1. The molecule has 1 aliphatic heterocycles. The van der Waals surface area contributed by atoms with Gasteiger partial charge in [0, 0.05) is 36.8 Å². The lowest BCUT2D eigenvalue weighted by Gasteiger charge is -2.21. The van der Waals surface area contributed by atoms with Crippen molar-refractivity contribution in [3.8, 4) is 0 Å². The summed E-state index contributed by atoms with van der Waals surface area (Å²) >= 11 is 0. The molecular formula is C12H18N6O. The zero-order valence-corrected chi connectivity index (χ0v) is 11.0. The minimum Gasteiger partial charge on any atom is -0.340 e. The minimum absolute atomic E-state index is 0.150. The topological polar surface area (TPSA) is 86.9 Å². The van der Waals surface area contributed by atoms with Crippen LogP contribution in [0.4, 0.5) is 0 Å². The lowest BCUT2D eigenvalue weighted by Crippen LogP contribution is -2.31. The molecule has 1 amide bonds. The second kappa shape index (κ2) is 6.24. The molecule has 2 heterocycles. The van der Waals surface area contributed by atoms with Crippen LogP contribution in [0.15, 0.2) is 23.8 Å². The maximum Gasteiger partial charge on any atom is 0.222 e. The van der Waals surface area contributed by atoms with Crippen LogP contribution in [0.5, 0.6) is 0 Å². The summed E-state index contributed by atoms with van der Waals surface area (Å²) in [5.41, 5.74) is 8.63. The van der Waals surface area contributed by atoms with E-state index in [9.17, 15) is 4.79 Å². The maximum atomic E-state index is 11.9. The number of carbonyl (C=O) groups is 1. The number of azide groups is 1. The van der Waals surface area contributed by atoms with Crippen LogP contribution in [0, 0.1) is 5.92 Å². The fraction of sp³-hybridized carbons (Fsp3) is 0.667. The van der Waals surface area contributed by atoms with Gasteiger partial charge in [-0.25, -0.2) is 4.98 Å². The van der Waals surface area contributed by atoms with Crippen molar-refractivity contribution in [3.05, 3.63) is 29.2 Å². The first-order chi connectivity index (χ1) is 9.24. The van der Waals surface area contributed by atoms with Crippen molar-refractivity contribution in [1.82, 2.24) is 14.5 Å². The van der Waals surface area contributed by atoms with E-state index >= 15 is 0 Å². The molecule has 1 fully saturated rings. The number of hydrogen-bond acceptors (Lipinski definition) is 3. The molecule has 0 radical (unpaired) electrons. The van der Waals surface area contributed by atoms with Gasteiger partial charge in [-0.15, -0.1) is 0 Å². The van der Waals surface area contributed by atoms with Gasteiger partial charge < -0.3 is 9.47 Å². The Bertz CT molecular complexity index is 465. The molecule has 19 heavy (non-hydrogen) atoms. The van der Waals surface area contributed by atoms with Crippen molar-refractivity contribution < 1.29 is 4.79 Å². The highest BCUT2D eigenvalue weighted by atomic mass is 16.2. The zero-order chi connectivity index (χ0) is 13.7. The van der Waals surface area contributed by atoms with Crippen LogP contribution in [-0.4, -0.2) is 33.4 Å². The van der Waals surface area contributed by atoms with Crippen molar-refractivity contribution in [2.24, 2.45) is 11.0 Å². The van der Waals surface area contributed by atoms with E-state index in [4.69, 9.17) is 5.53 Å². The van der Waals surface area contributed by atoms with E-state index in [0.29, 0.717) is 18.9 Å². The SMILES string of the molecule is CCCC1CC(=O)N(CC(N=[N+]=[N-])n2ccnc2)C1. The average Bonchev–Trinajstić information content (AvgIpc) is 3.00. The smallest absolute Gasteiger partial charge is 0.222 e.